The molecule has 2 N–H and O–H groups in total. The van der Waals surface area contributed by atoms with Crippen molar-refractivity contribution in [3.8, 4) is 11.5 Å². The summed E-state index contributed by atoms with van der Waals surface area (Å²) < 4.78 is 11.6. The summed E-state index contributed by atoms with van der Waals surface area (Å²) in [5.41, 5.74) is 2.54. The van der Waals surface area contributed by atoms with Crippen molar-refractivity contribution in [3.05, 3.63) is 107 Å². The van der Waals surface area contributed by atoms with Crippen LogP contribution < -0.4 is 14.8 Å². The molecule has 0 aromatic heterocycles. The largest absolute Gasteiger partial charge is 0.494 e. The Hall–Kier alpha value is -4.56. The highest BCUT2D eigenvalue weighted by Crippen LogP contribution is 2.35. The van der Waals surface area contributed by atoms with Crippen molar-refractivity contribution in [1.29, 1.82) is 0 Å². The number of carboxylic acid groups (broad SMARTS) is 1. The number of fused-ring (bicyclic) bond motifs is 1. The highest BCUT2D eigenvalue weighted by atomic mass is 32.2. The summed E-state index contributed by atoms with van der Waals surface area (Å²) >= 11 is 1.27. The Balaban J connectivity index is 1.42. The first-order chi connectivity index (χ1) is 18.5. The van der Waals surface area contributed by atoms with Gasteiger partial charge in [-0.3, -0.25) is 4.79 Å². The minimum absolute atomic E-state index is 0.219. The molecule has 1 aliphatic rings. The molecule has 1 fully saturated rings. The maximum absolute atomic E-state index is 12.8. The van der Waals surface area contributed by atoms with E-state index in [4.69, 9.17) is 14.6 Å². The number of aliphatic imine (C=N–C) groups is 1. The number of hydrogen-bond donors (Lipinski definition) is 2. The van der Waals surface area contributed by atoms with Gasteiger partial charge < -0.3 is 19.9 Å². The summed E-state index contributed by atoms with van der Waals surface area (Å²) in [5, 5.41) is 14.4. The van der Waals surface area contributed by atoms with Gasteiger partial charge in [0.2, 0.25) is 0 Å². The van der Waals surface area contributed by atoms with E-state index in [0.717, 1.165) is 27.6 Å². The molecule has 1 amide bonds. The van der Waals surface area contributed by atoms with E-state index < -0.39 is 5.97 Å². The zero-order valence-corrected chi connectivity index (χ0v) is 21.3. The molecule has 0 atom stereocenters. The Morgan fingerprint density at radius 1 is 0.974 bits per heavy atom. The van der Waals surface area contributed by atoms with Crippen LogP contribution in [0, 0.1) is 0 Å². The summed E-state index contributed by atoms with van der Waals surface area (Å²) in [6.07, 6.45) is 1.83. The van der Waals surface area contributed by atoms with Crippen LogP contribution in [0.3, 0.4) is 0 Å². The molecule has 8 heteroatoms. The molecule has 0 spiro atoms. The van der Waals surface area contributed by atoms with Crippen LogP contribution in [-0.4, -0.2) is 28.8 Å². The Labute approximate surface area is 223 Å². The first-order valence-electron chi connectivity index (χ1n) is 12.0. The fraction of sp³-hybridized carbons (Fsp3) is 0.100. The highest BCUT2D eigenvalue weighted by Gasteiger charge is 2.25. The van der Waals surface area contributed by atoms with E-state index in [2.05, 4.69) is 10.3 Å². The number of carboxylic acids is 1. The first kappa shape index (κ1) is 25.1. The number of benzene rings is 4. The van der Waals surface area contributed by atoms with Gasteiger partial charge >= 0.3 is 5.97 Å². The van der Waals surface area contributed by atoms with E-state index in [1.54, 1.807) is 24.3 Å². The number of hydrogen-bond acceptors (Lipinski definition) is 6. The molecule has 0 radical (unpaired) electrons. The number of thioether (sulfide) groups is 1. The van der Waals surface area contributed by atoms with Crippen molar-refractivity contribution in [1.82, 2.24) is 5.32 Å². The lowest BCUT2D eigenvalue weighted by Crippen LogP contribution is -2.19. The molecule has 0 saturated carbocycles. The molecule has 1 saturated heterocycles. The summed E-state index contributed by atoms with van der Waals surface area (Å²) in [7, 11) is 0. The standard InChI is InChI=1S/C30H24N2O5S/c1-2-36-23-14-12-22(13-15-23)31-30-32-28(33)27(38-30)17-25-24-6-4-3-5-20(24)11-16-26(25)37-18-19-7-9-21(10-8-19)29(34)35/h3-17H,2,18H2,1H3,(H,34,35)(H,31,32,33)/b27-17+. The Morgan fingerprint density at radius 2 is 1.74 bits per heavy atom. The third-order valence-electron chi connectivity index (χ3n) is 5.83. The molecule has 0 bridgehead atoms. The van der Waals surface area contributed by atoms with E-state index in [1.807, 2.05) is 73.7 Å². The Bertz CT molecular complexity index is 1560. The van der Waals surface area contributed by atoms with Crippen LogP contribution in [0.4, 0.5) is 5.69 Å². The van der Waals surface area contributed by atoms with E-state index in [9.17, 15) is 9.59 Å². The smallest absolute Gasteiger partial charge is 0.335 e. The molecule has 190 valence electrons. The van der Waals surface area contributed by atoms with Crippen molar-refractivity contribution in [2.75, 3.05) is 6.61 Å². The molecule has 4 aromatic carbocycles. The quantitative estimate of drug-likeness (QED) is 0.259. The zero-order chi connectivity index (χ0) is 26.5. The van der Waals surface area contributed by atoms with Crippen LogP contribution >= 0.6 is 11.8 Å². The highest BCUT2D eigenvalue weighted by molar-refractivity contribution is 8.18. The van der Waals surface area contributed by atoms with Gasteiger partial charge in [0.05, 0.1) is 22.8 Å². The number of aromatic carboxylic acids is 1. The van der Waals surface area contributed by atoms with Crippen molar-refractivity contribution >= 4 is 51.3 Å². The van der Waals surface area contributed by atoms with Crippen molar-refractivity contribution in [2.45, 2.75) is 13.5 Å². The monoisotopic (exact) mass is 524 g/mol. The Morgan fingerprint density at radius 3 is 2.47 bits per heavy atom. The molecule has 4 aromatic rings. The van der Waals surface area contributed by atoms with Crippen LogP contribution in [0.25, 0.3) is 16.8 Å². The number of carbonyl (C=O) groups excluding carboxylic acids is 1. The third-order valence-corrected chi connectivity index (χ3v) is 6.74. The minimum Gasteiger partial charge on any atom is -0.494 e. The number of amidine groups is 1. The van der Waals surface area contributed by atoms with Gasteiger partial charge in [-0.05, 0) is 83.6 Å². The van der Waals surface area contributed by atoms with Crippen LogP contribution in [0.15, 0.2) is 94.8 Å². The van der Waals surface area contributed by atoms with Crippen LogP contribution in [0.2, 0.25) is 0 Å². The average Bonchev–Trinajstić information content (AvgIpc) is 3.27. The minimum atomic E-state index is -0.973. The average molecular weight is 525 g/mol. The topological polar surface area (TPSA) is 97.2 Å². The molecule has 1 aliphatic heterocycles. The van der Waals surface area contributed by atoms with E-state index in [1.165, 1.54) is 11.8 Å². The molecular weight excluding hydrogens is 500 g/mol. The van der Waals surface area contributed by atoms with Gasteiger partial charge in [0.25, 0.3) is 5.91 Å². The predicted octanol–water partition coefficient (Wildman–Crippen LogP) is 6.41. The van der Waals surface area contributed by atoms with Crippen LogP contribution in [0.5, 0.6) is 11.5 Å². The van der Waals surface area contributed by atoms with Crippen LogP contribution in [0.1, 0.15) is 28.4 Å². The fourth-order valence-corrected chi connectivity index (χ4v) is 4.79. The van der Waals surface area contributed by atoms with Crippen molar-refractivity contribution in [3.63, 3.8) is 0 Å². The number of ether oxygens (including phenoxy) is 2. The maximum Gasteiger partial charge on any atom is 0.335 e. The number of amides is 1. The van der Waals surface area contributed by atoms with Crippen molar-refractivity contribution < 1.29 is 24.2 Å². The lowest BCUT2D eigenvalue weighted by atomic mass is 10.0. The number of rotatable bonds is 8. The molecule has 1 heterocycles. The second kappa shape index (κ2) is 11.2. The summed E-state index contributed by atoms with van der Waals surface area (Å²) in [4.78, 5) is 29.0. The molecule has 5 rings (SSSR count). The van der Waals surface area contributed by atoms with E-state index >= 15 is 0 Å². The van der Waals surface area contributed by atoms with E-state index in [0.29, 0.717) is 28.1 Å². The number of nitrogens with one attached hydrogen (secondary N) is 1. The summed E-state index contributed by atoms with van der Waals surface area (Å²) in [6, 6.07) is 25.7. The fourth-order valence-electron chi connectivity index (χ4n) is 3.97. The number of nitrogens with zero attached hydrogens (tertiary/aromatic N) is 1. The second-order valence-corrected chi connectivity index (χ2v) is 9.43. The molecular formula is C30H24N2O5S. The van der Waals surface area contributed by atoms with E-state index in [-0.39, 0.29) is 18.1 Å². The molecule has 38 heavy (non-hydrogen) atoms. The van der Waals surface area contributed by atoms with Crippen LogP contribution in [-0.2, 0) is 11.4 Å². The Kier molecular flexibility index (Phi) is 7.42. The predicted molar refractivity (Wildman–Crippen MR) is 150 cm³/mol. The maximum atomic E-state index is 12.8. The third kappa shape index (κ3) is 5.71. The molecule has 0 aliphatic carbocycles. The summed E-state index contributed by atoms with van der Waals surface area (Å²) in [6.45, 7) is 2.76. The van der Waals surface area contributed by atoms with Gasteiger partial charge in [-0.25, -0.2) is 9.79 Å². The molecule has 0 unspecified atom stereocenters. The van der Waals surface area contributed by atoms with Gasteiger partial charge in [-0.2, -0.15) is 0 Å². The van der Waals surface area contributed by atoms with Gasteiger partial charge in [0.1, 0.15) is 18.1 Å². The SMILES string of the molecule is CCOc1ccc(N=C2NC(=O)/C(=C\c3c(OCc4ccc(C(=O)O)cc4)ccc4ccccc34)S2)cc1. The van der Waals surface area contributed by atoms with Gasteiger partial charge in [0.15, 0.2) is 5.17 Å². The zero-order valence-electron chi connectivity index (χ0n) is 20.5. The first-order valence-corrected chi connectivity index (χ1v) is 12.8. The molecule has 7 nitrogen and oxygen atoms in total. The lowest BCUT2D eigenvalue weighted by molar-refractivity contribution is -0.115. The second-order valence-electron chi connectivity index (χ2n) is 8.40. The summed E-state index contributed by atoms with van der Waals surface area (Å²) in [5.74, 6) is 0.173. The number of carbonyl (C=O) groups is 2. The normalized spacial score (nSPS) is 15.1. The van der Waals surface area contributed by atoms with Gasteiger partial charge in [-0.1, -0.05) is 42.5 Å². The van der Waals surface area contributed by atoms with Crippen molar-refractivity contribution in [2.24, 2.45) is 4.99 Å². The van der Waals surface area contributed by atoms with Gasteiger partial charge in [0, 0.05) is 5.56 Å². The lowest BCUT2D eigenvalue weighted by Gasteiger charge is -2.13. The van der Waals surface area contributed by atoms with Gasteiger partial charge in [-0.15, -0.1) is 0 Å².